The largest absolute Gasteiger partial charge is 0.339 e. The van der Waals surface area contributed by atoms with Gasteiger partial charge < -0.3 is 9.80 Å². The number of benzene rings is 1. The van der Waals surface area contributed by atoms with E-state index in [1.165, 1.54) is 0 Å². The Kier molecular flexibility index (Phi) is 4.99. The van der Waals surface area contributed by atoms with Crippen molar-refractivity contribution in [3.05, 3.63) is 29.8 Å². The van der Waals surface area contributed by atoms with Crippen molar-refractivity contribution in [1.29, 1.82) is 0 Å². The summed E-state index contributed by atoms with van der Waals surface area (Å²) in [6.45, 7) is 3.64. The Labute approximate surface area is 97.7 Å². The highest BCUT2D eigenvalue weighted by atomic mass is 16.1. The second-order valence-electron chi connectivity index (χ2n) is 4.10. The minimum Gasteiger partial charge on any atom is -0.339 e. The van der Waals surface area contributed by atoms with Crippen molar-refractivity contribution >= 4 is 12.1 Å². The first-order valence-electron chi connectivity index (χ1n) is 5.55. The van der Waals surface area contributed by atoms with Gasteiger partial charge >= 0.3 is 0 Å². The van der Waals surface area contributed by atoms with Crippen LogP contribution in [-0.4, -0.2) is 32.0 Å². The number of hydrogen-bond acceptors (Lipinski definition) is 2. The van der Waals surface area contributed by atoms with Crippen molar-refractivity contribution in [2.24, 2.45) is 0 Å². The topological polar surface area (TPSA) is 23.6 Å². The Morgan fingerprint density at radius 2 is 2.12 bits per heavy atom. The Morgan fingerprint density at radius 3 is 2.69 bits per heavy atom. The molecule has 16 heavy (non-hydrogen) atoms. The van der Waals surface area contributed by atoms with Crippen molar-refractivity contribution in [3.63, 3.8) is 0 Å². The van der Waals surface area contributed by atoms with Crippen molar-refractivity contribution in [1.82, 2.24) is 4.90 Å². The van der Waals surface area contributed by atoms with Crippen LogP contribution in [0.3, 0.4) is 0 Å². The molecule has 1 aromatic rings. The number of anilines is 1. The van der Waals surface area contributed by atoms with Crippen LogP contribution in [0.5, 0.6) is 0 Å². The summed E-state index contributed by atoms with van der Waals surface area (Å²) in [4.78, 5) is 14.7. The zero-order valence-corrected chi connectivity index (χ0v) is 10.2. The lowest BCUT2D eigenvalue weighted by Gasteiger charge is -2.23. The highest BCUT2D eigenvalue weighted by Crippen LogP contribution is 2.15. The maximum Gasteiger partial charge on any atom is 0.212 e. The summed E-state index contributed by atoms with van der Waals surface area (Å²) in [5.41, 5.74) is 1.96. The summed E-state index contributed by atoms with van der Waals surface area (Å²) in [5, 5.41) is 0. The van der Waals surface area contributed by atoms with Crippen LogP contribution in [0.2, 0.25) is 0 Å². The van der Waals surface area contributed by atoms with E-state index in [1.54, 1.807) is 4.90 Å². The molecule has 3 nitrogen and oxygen atoms in total. The summed E-state index contributed by atoms with van der Waals surface area (Å²) in [6, 6.07) is 9.18. The van der Waals surface area contributed by atoms with E-state index >= 15 is 0 Å². The number of carbonyl (C=O) groups excluding carboxylic acids is 1. The van der Waals surface area contributed by atoms with E-state index in [1.807, 2.05) is 32.3 Å². The third kappa shape index (κ3) is 3.66. The third-order valence-electron chi connectivity index (χ3n) is 2.23. The van der Waals surface area contributed by atoms with Crippen LogP contribution in [0.1, 0.15) is 18.9 Å². The smallest absolute Gasteiger partial charge is 0.212 e. The van der Waals surface area contributed by atoms with E-state index in [0.29, 0.717) is 0 Å². The third-order valence-corrected chi connectivity index (χ3v) is 2.23. The molecule has 0 radical (unpaired) electrons. The second-order valence-corrected chi connectivity index (χ2v) is 4.10. The maximum atomic E-state index is 10.9. The van der Waals surface area contributed by atoms with Gasteiger partial charge in [0.05, 0.1) is 0 Å². The van der Waals surface area contributed by atoms with E-state index in [9.17, 15) is 4.79 Å². The number of rotatable bonds is 6. The fourth-order valence-corrected chi connectivity index (χ4v) is 1.57. The quantitative estimate of drug-likeness (QED) is 0.539. The van der Waals surface area contributed by atoms with Crippen LogP contribution in [0.15, 0.2) is 18.2 Å². The monoisotopic (exact) mass is 219 g/mol. The number of nitrogens with zero attached hydrogens (tertiary/aromatic N) is 2. The lowest BCUT2D eigenvalue weighted by atomic mass is 10.2. The minimum absolute atomic E-state index is 0.741. The molecule has 3 heteroatoms. The lowest BCUT2D eigenvalue weighted by molar-refractivity contribution is -0.107. The van der Waals surface area contributed by atoms with Gasteiger partial charge in [-0.1, -0.05) is 12.6 Å². The first kappa shape index (κ1) is 12.7. The lowest BCUT2D eigenvalue weighted by Crippen LogP contribution is -2.22. The molecule has 0 unspecified atom stereocenters. The SMILES string of the molecule is CCCN(C=O)c1[c-]c(CN(C)C)ccc1. The van der Waals surface area contributed by atoms with Gasteiger partial charge in [0.15, 0.2) is 0 Å². The van der Waals surface area contributed by atoms with Crippen LogP contribution in [0, 0.1) is 6.07 Å². The number of hydrogen-bond donors (Lipinski definition) is 0. The Bertz CT molecular complexity index is 336. The molecule has 0 spiro atoms. The molecule has 0 heterocycles. The van der Waals surface area contributed by atoms with Gasteiger partial charge in [0.2, 0.25) is 6.41 Å². The summed E-state index contributed by atoms with van der Waals surface area (Å²) in [5.74, 6) is 0. The molecule has 0 atom stereocenters. The predicted molar refractivity (Wildman–Crippen MR) is 66.4 cm³/mol. The molecular weight excluding hydrogens is 200 g/mol. The van der Waals surface area contributed by atoms with Crippen molar-refractivity contribution in [2.75, 3.05) is 25.5 Å². The van der Waals surface area contributed by atoms with Gasteiger partial charge in [-0.2, -0.15) is 18.2 Å². The van der Waals surface area contributed by atoms with E-state index in [-0.39, 0.29) is 0 Å². The Balaban J connectivity index is 2.83. The normalized spacial score (nSPS) is 10.5. The van der Waals surface area contributed by atoms with Crippen LogP contribution in [0.25, 0.3) is 0 Å². The molecule has 0 aromatic heterocycles. The van der Waals surface area contributed by atoms with Crippen LogP contribution in [-0.2, 0) is 11.3 Å². The van der Waals surface area contributed by atoms with Crippen molar-refractivity contribution < 1.29 is 4.79 Å². The first-order chi connectivity index (χ1) is 7.67. The zero-order valence-electron chi connectivity index (χ0n) is 10.2. The molecule has 0 fully saturated rings. The van der Waals surface area contributed by atoms with Gasteiger partial charge in [-0.25, -0.2) is 0 Å². The molecule has 0 saturated carbocycles. The molecular formula is C13H19N2O-. The van der Waals surface area contributed by atoms with Crippen molar-refractivity contribution in [2.45, 2.75) is 19.9 Å². The van der Waals surface area contributed by atoms with E-state index in [4.69, 9.17) is 0 Å². The maximum absolute atomic E-state index is 10.9. The zero-order chi connectivity index (χ0) is 12.0. The van der Waals surface area contributed by atoms with E-state index < -0.39 is 0 Å². The predicted octanol–water partition coefficient (Wildman–Crippen LogP) is 1.92. The molecule has 1 amide bonds. The summed E-state index contributed by atoms with van der Waals surface area (Å²) >= 11 is 0. The minimum atomic E-state index is 0.741. The molecule has 1 aromatic carbocycles. The average Bonchev–Trinajstić information content (AvgIpc) is 2.25. The van der Waals surface area contributed by atoms with E-state index in [2.05, 4.69) is 17.9 Å². The Morgan fingerprint density at radius 1 is 1.38 bits per heavy atom. The highest BCUT2D eigenvalue weighted by Gasteiger charge is 1.99. The van der Waals surface area contributed by atoms with Crippen LogP contribution >= 0.6 is 0 Å². The molecule has 0 N–H and O–H groups in total. The van der Waals surface area contributed by atoms with Gasteiger partial charge in [0, 0.05) is 13.1 Å². The van der Waals surface area contributed by atoms with Gasteiger partial charge in [-0.15, -0.1) is 11.6 Å². The standard InChI is InChI=1S/C13H19N2O/c1-4-8-15(11-16)13-7-5-6-12(9-13)10-14(2)3/h5-7,11H,4,8,10H2,1-3H3/q-1. The van der Waals surface area contributed by atoms with Crippen LogP contribution in [0.4, 0.5) is 5.69 Å². The fourth-order valence-electron chi connectivity index (χ4n) is 1.57. The molecule has 0 aliphatic heterocycles. The van der Waals surface area contributed by atoms with Crippen LogP contribution < -0.4 is 4.90 Å². The second kappa shape index (κ2) is 6.28. The average molecular weight is 219 g/mol. The molecule has 0 saturated heterocycles. The first-order valence-corrected chi connectivity index (χ1v) is 5.55. The summed E-state index contributed by atoms with van der Waals surface area (Å²) in [6.07, 6.45) is 1.82. The molecule has 0 aliphatic rings. The number of amides is 1. The molecule has 0 bridgehead atoms. The fraction of sp³-hybridized carbons (Fsp3) is 0.462. The molecule has 0 aliphatic carbocycles. The highest BCUT2D eigenvalue weighted by molar-refractivity contribution is 5.74. The van der Waals surface area contributed by atoms with Gasteiger partial charge in [0.25, 0.3) is 0 Å². The van der Waals surface area contributed by atoms with Gasteiger partial charge in [0.1, 0.15) is 0 Å². The molecule has 1 rings (SSSR count). The number of carbonyl (C=O) groups is 1. The molecule has 88 valence electrons. The van der Waals surface area contributed by atoms with Gasteiger partial charge in [-0.05, 0) is 20.5 Å². The van der Waals surface area contributed by atoms with Crippen molar-refractivity contribution in [3.8, 4) is 0 Å². The summed E-state index contributed by atoms with van der Waals surface area (Å²) < 4.78 is 0. The van der Waals surface area contributed by atoms with Gasteiger partial charge in [-0.3, -0.25) is 4.79 Å². The van der Waals surface area contributed by atoms with E-state index in [0.717, 1.165) is 37.2 Å². The Hall–Kier alpha value is -1.35. The summed E-state index contributed by atoms with van der Waals surface area (Å²) in [7, 11) is 4.04.